The van der Waals surface area contributed by atoms with Crippen LogP contribution in [0.3, 0.4) is 0 Å². The maximum atomic E-state index is 10.3. The third-order valence-corrected chi connectivity index (χ3v) is 6.16. The minimum atomic E-state index is -2.97. The van der Waals surface area contributed by atoms with Crippen LogP contribution in [-0.4, -0.2) is 210 Å². The third kappa shape index (κ3) is 77.5. The Bertz CT molecular complexity index is 1070. The number of aliphatic carboxylic acids is 7. The van der Waals surface area contributed by atoms with Crippen LogP contribution in [0.5, 0.6) is 0 Å². The molecule has 0 aromatic heterocycles. The number of amides is 2. The number of nitrogens with two attached hydrogens (primary N) is 2. The van der Waals surface area contributed by atoms with Gasteiger partial charge in [0.05, 0.1) is 11.9 Å². The molecule has 0 spiro atoms. The van der Waals surface area contributed by atoms with Crippen LogP contribution >= 0.6 is 0 Å². The van der Waals surface area contributed by atoms with Crippen LogP contribution in [-0.2, 0) is 33.6 Å². The summed E-state index contributed by atoms with van der Waals surface area (Å²) in [5.41, 5.74) is 2.55. The summed E-state index contributed by atoms with van der Waals surface area (Å²) in [7, 11) is 0. The summed E-state index contributed by atoms with van der Waals surface area (Å²) in [6, 6.07) is -0.833. The molecule has 0 fully saturated rings. The maximum absolute atomic E-state index is 10.3. The zero-order valence-corrected chi connectivity index (χ0v) is 42.0. The SMILES string of the molecule is CC(C)O.CCCCCCCC/C=C\CCCCCCCC(=O)O.CCO.NC(N)=O.O=C([O-])CC(O)(CC(=O)[O-])C(=O)[O-].O=C([O-])CC(O)(CC(=O)[O-])C(=O)[O-].[Ca+2].[Ca+2].[Ca+2]. The summed E-state index contributed by atoms with van der Waals surface area (Å²) >= 11 is 0. The summed E-state index contributed by atoms with van der Waals surface area (Å²) < 4.78 is 0. The van der Waals surface area contributed by atoms with Gasteiger partial charge in [-0.1, -0.05) is 70.4 Å². The van der Waals surface area contributed by atoms with E-state index in [-0.39, 0.29) is 126 Å². The van der Waals surface area contributed by atoms with Crippen molar-refractivity contribution in [2.24, 2.45) is 11.5 Å². The van der Waals surface area contributed by atoms with E-state index in [1.165, 1.54) is 70.6 Å². The first-order chi connectivity index (χ1) is 26.2. The van der Waals surface area contributed by atoms with Gasteiger partial charge in [-0.05, 0) is 52.9 Å². The van der Waals surface area contributed by atoms with Gasteiger partial charge >= 0.3 is 125 Å². The first kappa shape index (κ1) is 79.3. The fraction of sp³-hybridized carbons (Fsp3) is 0.722. The van der Waals surface area contributed by atoms with Crippen LogP contribution in [0.25, 0.3) is 0 Å². The first-order valence-corrected chi connectivity index (χ1v) is 18.1. The number of carbonyl (C=O) groups is 8. The predicted octanol–water partition coefficient (Wildman–Crippen LogP) is -6.13. The van der Waals surface area contributed by atoms with Gasteiger partial charge in [-0.3, -0.25) is 4.79 Å². The van der Waals surface area contributed by atoms with Gasteiger partial charge in [0.1, 0.15) is 11.2 Å². The number of aliphatic hydroxyl groups is 4. The first-order valence-electron chi connectivity index (χ1n) is 18.1. The van der Waals surface area contributed by atoms with E-state index in [1.54, 1.807) is 20.8 Å². The van der Waals surface area contributed by atoms with Crippen molar-refractivity contribution in [3.63, 3.8) is 0 Å². The summed E-state index contributed by atoms with van der Waals surface area (Å²) in [6.07, 6.45) is 15.6. The van der Waals surface area contributed by atoms with Crippen LogP contribution in [0.2, 0.25) is 0 Å². The zero-order chi connectivity index (χ0) is 46.0. The number of carbonyl (C=O) groups excluding carboxylic acids is 7. The van der Waals surface area contributed by atoms with Crippen molar-refractivity contribution in [1.29, 1.82) is 0 Å². The number of carboxylic acids is 7. The molecule has 0 bridgehead atoms. The van der Waals surface area contributed by atoms with Crippen molar-refractivity contribution >= 4 is 161 Å². The van der Waals surface area contributed by atoms with Crippen LogP contribution < -0.4 is 42.1 Å². The maximum Gasteiger partial charge on any atom is 2.00 e. The largest absolute Gasteiger partial charge is 2.00 e. The molecule has 336 valence electrons. The monoisotopic (exact) mass is 946 g/mol. The molecule has 60 heavy (non-hydrogen) atoms. The molecule has 0 aliphatic heterocycles. The number of primary amides is 2. The molecule has 0 heterocycles. The van der Waals surface area contributed by atoms with E-state index >= 15 is 0 Å². The number of hydrogen-bond donors (Lipinski definition) is 7. The van der Waals surface area contributed by atoms with Crippen molar-refractivity contribution < 1.29 is 94.5 Å². The smallest absolute Gasteiger partial charge is 0.550 e. The average Bonchev–Trinajstić information content (AvgIpc) is 3.01. The average molecular weight is 947 g/mol. The molecule has 0 aromatic rings. The molecule has 0 aliphatic carbocycles. The molecule has 0 saturated carbocycles. The molecule has 0 unspecified atom stereocenters. The van der Waals surface area contributed by atoms with Gasteiger partial charge in [0.25, 0.3) is 0 Å². The van der Waals surface area contributed by atoms with Crippen molar-refractivity contribution in [2.75, 3.05) is 6.61 Å². The number of rotatable bonds is 25. The summed E-state index contributed by atoms with van der Waals surface area (Å²) in [5.74, 6) is -12.6. The Morgan fingerprint density at radius 3 is 0.967 bits per heavy atom. The van der Waals surface area contributed by atoms with Gasteiger partial charge in [-0.15, -0.1) is 0 Å². The van der Waals surface area contributed by atoms with E-state index in [9.17, 15) is 64.2 Å². The number of hydrogen-bond acceptors (Lipinski definition) is 18. The molecular formula is C36H62Ca3N2O19. The van der Waals surface area contributed by atoms with Crippen LogP contribution in [0.4, 0.5) is 4.79 Å². The molecule has 0 rings (SSSR count). The Balaban J connectivity index is -0.0000000822. The Kier molecular flexibility index (Phi) is 71.5. The standard InChI is InChI=1S/C18H34O2.2C6H8O7.C3H8O.C2H6O.CH4N2O.3Ca/c1-2-3-4-5-6-7-8-9-10-11-12-13-14-15-16-17-18(19)20;2*7-3(8)1-6(13,5(11)12)2-4(9)10;1-3(2)4;1-2-3;2-1(3)4;;;/h9-10H,2-8,11-17H2,1H3,(H,19,20);2*13H,1-2H2,(H,7,8)(H,9,10)(H,11,12);3-4H,1-2H3;3H,2H2,1H3;(H4,2,3,4);;;/q;;;;;;3*+2/p-6/b10-9-;;;;;;;;. The number of aliphatic hydroxyl groups excluding tert-OH is 2. The second kappa shape index (κ2) is 54.1. The van der Waals surface area contributed by atoms with Crippen molar-refractivity contribution in [2.45, 2.75) is 161 Å². The second-order valence-corrected chi connectivity index (χ2v) is 12.4. The molecule has 21 nitrogen and oxygen atoms in total. The van der Waals surface area contributed by atoms with Crippen LogP contribution in [0.15, 0.2) is 12.2 Å². The van der Waals surface area contributed by atoms with Crippen molar-refractivity contribution in [1.82, 2.24) is 0 Å². The molecule has 24 heteroatoms. The molecule has 0 saturated heterocycles. The van der Waals surface area contributed by atoms with E-state index in [0.29, 0.717) is 6.42 Å². The molecule has 9 N–H and O–H groups in total. The molecular weight excluding hydrogens is 885 g/mol. The van der Waals surface area contributed by atoms with Crippen LogP contribution in [0.1, 0.15) is 143 Å². The quantitative estimate of drug-likeness (QED) is 0.0254. The molecule has 0 atom stereocenters. The fourth-order valence-electron chi connectivity index (χ4n) is 3.72. The summed E-state index contributed by atoms with van der Waals surface area (Å²) in [4.78, 5) is 79.3. The summed E-state index contributed by atoms with van der Waals surface area (Å²) in [6.45, 7) is 7.63. The molecule has 2 amide bonds. The van der Waals surface area contributed by atoms with E-state index < -0.39 is 84.7 Å². The molecule has 0 radical (unpaired) electrons. The van der Waals surface area contributed by atoms with Gasteiger partial charge in [0.15, 0.2) is 0 Å². The van der Waals surface area contributed by atoms with Gasteiger partial charge in [-0.2, -0.15) is 0 Å². The number of unbranched alkanes of at least 4 members (excludes halogenated alkanes) is 11. The Morgan fingerprint density at radius 2 is 0.767 bits per heavy atom. The number of allylic oxidation sites excluding steroid dienone is 2. The normalized spacial score (nSPS) is 9.75. The van der Waals surface area contributed by atoms with Crippen molar-refractivity contribution in [3.8, 4) is 0 Å². The Morgan fingerprint density at radius 1 is 0.550 bits per heavy atom. The molecule has 0 aromatic carbocycles. The van der Waals surface area contributed by atoms with E-state index in [0.717, 1.165) is 12.8 Å². The van der Waals surface area contributed by atoms with E-state index in [1.807, 2.05) is 0 Å². The number of carboxylic acid groups (broad SMARTS) is 7. The topological polar surface area (TPSA) is 428 Å². The van der Waals surface area contributed by atoms with Gasteiger partial charge in [0.2, 0.25) is 0 Å². The van der Waals surface area contributed by atoms with E-state index in [2.05, 4.69) is 30.5 Å². The van der Waals surface area contributed by atoms with Gasteiger partial charge < -0.3 is 96.4 Å². The third-order valence-electron chi connectivity index (χ3n) is 6.16. The van der Waals surface area contributed by atoms with E-state index in [4.69, 9.17) is 30.3 Å². The van der Waals surface area contributed by atoms with Crippen LogP contribution in [0, 0.1) is 0 Å². The fourth-order valence-corrected chi connectivity index (χ4v) is 3.72. The Labute approximate surface area is 441 Å². The van der Waals surface area contributed by atoms with Gasteiger partial charge in [-0.25, -0.2) is 4.79 Å². The minimum Gasteiger partial charge on any atom is -0.550 e. The second-order valence-electron chi connectivity index (χ2n) is 12.4. The van der Waals surface area contributed by atoms with Gasteiger partial charge in [0, 0.05) is 68.7 Å². The molecule has 0 aliphatic rings. The Hall–Kier alpha value is -1.08. The zero-order valence-electron chi connectivity index (χ0n) is 35.4. The minimum absolute atomic E-state index is 0. The van der Waals surface area contributed by atoms with Crippen molar-refractivity contribution in [3.05, 3.63) is 12.2 Å². The predicted molar refractivity (Wildman–Crippen MR) is 207 cm³/mol. The summed E-state index contributed by atoms with van der Waals surface area (Å²) in [5, 5.41) is 102. The number of urea groups is 1.